The molecule has 4 rings (SSSR count). The van der Waals surface area contributed by atoms with E-state index in [1.165, 1.54) is 17.4 Å². The molecule has 0 unspecified atom stereocenters. The molecule has 1 aliphatic heterocycles. The first-order valence-corrected chi connectivity index (χ1v) is 10.4. The Bertz CT molecular complexity index is 1040. The number of para-hydroxylation sites is 1. The van der Waals surface area contributed by atoms with Crippen molar-refractivity contribution in [3.63, 3.8) is 0 Å². The van der Waals surface area contributed by atoms with Crippen molar-refractivity contribution in [2.24, 2.45) is 0 Å². The normalized spacial score (nSPS) is 12.7. The fourth-order valence-corrected chi connectivity index (χ4v) is 4.27. The predicted molar refractivity (Wildman–Crippen MR) is 112 cm³/mol. The molecule has 29 heavy (non-hydrogen) atoms. The van der Waals surface area contributed by atoms with Crippen LogP contribution >= 0.6 is 11.3 Å². The van der Waals surface area contributed by atoms with Gasteiger partial charge in [0.1, 0.15) is 11.3 Å². The van der Waals surface area contributed by atoms with Gasteiger partial charge in [0.25, 0.3) is 5.91 Å². The van der Waals surface area contributed by atoms with Crippen molar-refractivity contribution in [2.75, 3.05) is 37.9 Å². The number of fused-ring (bicyclic) bond motifs is 2. The highest BCUT2D eigenvalue weighted by Crippen LogP contribution is 2.35. The van der Waals surface area contributed by atoms with Gasteiger partial charge < -0.3 is 14.4 Å². The Morgan fingerprint density at radius 2 is 1.93 bits per heavy atom. The molecule has 0 spiro atoms. The van der Waals surface area contributed by atoms with Gasteiger partial charge in [-0.3, -0.25) is 9.69 Å². The number of hydrogen-bond donors (Lipinski definition) is 0. The Morgan fingerprint density at radius 3 is 2.69 bits per heavy atom. The van der Waals surface area contributed by atoms with Crippen LogP contribution in [-0.4, -0.2) is 48.8 Å². The number of ether oxygens (including phenoxy) is 2. The SMILES string of the molecule is CCN(CC)CCN(C(=O)c1ccc2c(c1)OCO2)c1nc2c(F)cccc2s1. The molecule has 6 nitrogen and oxygen atoms in total. The average molecular weight is 415 g/mol. The average Bonchev–Trinajstić information content (AvgIpc) is 3.38. The Hall–Kier alpha value is -2.71. The van der Waals surface area contributed by atoms with Gasteiger partial charge >= 0.3 is 0 Å². The molecule has 152 valence electrons. The van der Waals surface area contributed by atoms with Gasteiger partial charge in [-0.25, -0.2) is 9.37 Å². The molecule has 0 N–H and O–H groups in total. The summed E-state index contributed by atoms with van der Waals surface area (Å²) < 4.78 is 25.6. The highest BCUT2D eigenvalue weighted by atomic mass is 32.1. The number of aromatic nitrogens is 1. The number of hydrogen-bond acceptors (Lipinski definition) is 6. The van der Waals surface area contributed by atoms with Crippen LogP contribution in [0.5, 0.6) is 11.5 Å². The van der Waals surface area contributed by atoms with Gasteiger partial charge in [0, 0.05) is 18.7 Å². The van der Waals surface area contributed by atoms with Crippen LogP contribution in [-0.2, 0) is 0 Å². The van der Waals surface area contributed by atoms with E-state index in [-0.39, 0.29) is 18.5 Å². The van der Waals surface area contributed by atoms with Crippen LogP contribution in [0, 0.1) is 5.82 Å². The van der Waals surface area contributed by atoms with Gasteiger partial charge in [0.15, 0.2) is 16.6 Å². The molecule has 2 heterocycles. The van der Waals surface area contributed by atoms with Gasteiger partial charge in [-0.15, -0.1) is 0 Å². The molecule has 2 aromatic carbocycles. The van der Waals surface area contributed by atoms with Crippen LogP contribution in [0.15, 0.2) is 36.4 Å². The van der Waals surface area contributed by atoms with Crippen LogP contribution < -0.4 is 14.4 Å². The first-order valence-electron chi connectivity index (χ1n) is 9.59. The molecule has 1 aromatic heterocycles. The zero-order valence-corrected chi connectivity index (χ0v) is 17.2. The van der Waals surface area contributed by atoms with Gasteiger partial charge in [-0.2, -0.15) is 0 Å². The second kappa shape index (κ2) is 8.34. The van der Waals surface area contributed by atoms with Gasteiger partial charge in [0.2, 0.25) is 6.79 Å². The van der Waals surface area contributed by atoms with Crippen molar-refractivity contribution in [3.05, 3.63) is 47.8 Å². The molecule has 0 saturated heterocycles. The Balaban J connectivity index is 1.68. The van der Waals surface area contributed by atoms with Gasteiger partial charge in [-0.1, -0.05) is 31.3 Å². The number of nitrogens with zero attached hydrogens (tertiary/aromatic N) is 3. The Morgan fingerprint density at radius 1 is 1.14 bits per heavy atom. The topological polar surface area (TPSA) is 54.9 Å². The quantitative estimate of drug-likeness (QED) is 0.580. The third kappa shape index (κ3) is 3.90. The number of rotatable bonds is 7. The molecule has 1 aliphatic rings. The van der Waals surface area contributed by atoms with Crippen molar-refractivity contribution in [3.8, 4) is 11.5 Å². The van der Waals surface area contributed by atoms with Gasteiger partial charge in [0.05, 0.1) is 4.70 Å². The van der Waals surface area contributed by atoms with Crippen LogP contribution in [0.25, 0.3) is 10.2 Å². The van der Waals surface area contributed by atoms with E-state index in [1.807, 2.05) is 6.07 Å². The maximum atomic E-state index is 14.2. The summed E-state index contributed by atoms with van der Waals surface area (Å²) in [5.74, 6) is 0.590. The number of carbonyl (C=O) groups is 1. The number of thiazole rings is 1. The molecule has 0 radical (unpaired) electrons. The number of anilines is 1. The summed E-state index contributed by atoms with van der Waals surface area (Å²) in [6.45, 7) is 7.24. The van der Waals surface area contributed by atoms with Crippen LogP contribution in [0.1, 0.15) is 24.2 Å². The zero-order valence-electron chi connectivity index (χ0n) is 16.4. The molecule has 8 heteroatoms. The van der Waals surface area contributed by atoms with Crippen LogP contribution in [0.3, 0.4) is 0 Å². The van der Waals surface area contributed by atoms with Crippen molar-refractivity contribution in [1.82, 2.24) is 9.88 Å². The van der Waals surface area contributed by atoms with Crippen molar-refractivity contribution >= 4 is 32.6 Å². The summed E-state index contributed by atoms with van der Waals surface area (Å²) in [6.07, 6.45) is 0. The molecular weight excluding hydrogens is 393 g/mol. The third-order valence-electron chi connectivity index (χ3n) is 4.99. The fourth-order valence-electron chi connectivity index (χ4n) is 3.27. The number of halogens is 1. The van der Waals surface area contributed by atoms with E-state index in [0.29, 0.717) is 45.5 Å². The molecule has 1 amide bonds. The van der Waals surface area contributed by atoms with Crippen molar-refractivity contribution in [2.45, 2.75) is 13.8 Å². The Kier molecular flexibility index (Phi) is 5.64. The molecule has 0 fully saturated rings. The minimum absolute atomic E-state index is 0.149. The lowest BCUT2D eigenvalue weighted by molar-refractivity contribution is 0.0983. The third-order valence-corrected chi connectivity index (χ3v) is 6.03. The standard InChI is InChI=1S/C21H22FN3O3S/c1-3-24(4-2)10-11-25(21-23-19-15(22)6-5-7-18(19)29-21)20(26)14-8-9-16-17(12-14)28-13-27-16/h5-9,12H,3-4,10-11,13H2,1-2H3. The van der Waals surface area contributed by atoms with E-state index in [4.69, 9.17) is 9.47 Å². The van der Waals surface area contributed by atoms with Crippen molar-refractivity contribution in [1.29, 1.82) is 0 Å². The molecule has 0 aliphatic carbocycles. The lowest BCUT2D eigenvalue weighted by Crippen LogP contribution is -2.38. The van der Waals surface area contributed by atoms with Crippen molar-refractivity contribution < 1.29 is 18.7 Å². The minimum Gasteiger partial charge on any atom is -0.454 e. The summed E-state index contributed by atoms with van der Waals surface area (Å²) in [5.41, 5.74) is 0.771. The smallest absolute Gasteiger partial charge is 0.260 e. The number of carbonyl (C=O) groups excluding carboxylic acids is 1. The minimum atomic E-state index is -0.385. The first-order chi connectivity index (χ1) is 14.1. The molecule has 0 saturated carbocycles. The zero-order chi connectivity index (χ0) is 20.4. The van der Waals surface area contributed by atoms with E-state index in [2.05, 4.69) is 23.7 Å². The predicted octanol–water partition coefficient (Wildman–Crippen LogP) is 4.15. The van der Waals surface area contributed by atoms with E-state index >= 15 is 0 Å². The lowest BCUT2D eigenvalue weighted by Gasteiger charge is -2.24. The summed E-state index contributed by atoms with van der Waals surface area (Å²) in [6, 6.07) is 9.98. The van der Waals surface area contributed by atoms with E-state index in [0.717, 1.165) is 13.1 Å². The highest BCUT2D eigenvalue weighted by molar-refractivity contribution is 7.22. The number of benzene rings is 2. The second-order valence-corrected chi connectivity index (χ2v) is 7.64. The summed E-state index contributed by atoms with van der Waals surface area (Å²) in [7, 11) is 0. The highest BCUT2D eigenvalue weighted by Gasteiger charge is 2.24. The number of amides is 1. The monoisotopic (exact) mass is 415 g/mol. The molecule has 0 bridgehead atoms. The summed E-state index contributed by atoms with van der Waals surface area (Å²) >= 11 is 1.31. The lowest BCUT2D eigenvalue weighted by atomic mass is 10.1. The van der Waals surface area contributed by atoms with E-state index in [9.17, 15) is 9.18 Å². The van der Waals surface area contributed by atoms with Gasteiger partial charge in [-0.05, 0) is 43.4 Å². The summed E-state index contributed by atoms with van der Waals surface area (Å²) in [4.78, 5) is 21.7. The summed E-state index contributed by atoms with van der Waals surface area (Å²) in [5, 5.41) is 0.486. The van der Waals surface area contributed by atoms with E-state index < -0.39 is 0 Å². The maximum absolute atomic E-state index is 14.2. The number of likely N-dealkylation sites (N-methyl/N-ethyl adjacent to an activating group) is 1. The van der Waals surface area contributed by atoms with Crippen LogP contribution in [0.2, 0.25) is 0 Å². The second-order valence-electron chi connectivity index (χ2n) is 6.63. The maximum Gasteiger partial charge on any atom is 0.260 e. The Labute approximate surface area is 172 Å². The van der Waals surface area contributed by atoms with E-state index in [1.54, 1.807) is 29.2 Å². The molecule has 0 atom stereocenters. The molecule has 3 aromatic rings. The molecular formula is C21H22FN3O3S. The van der Waals surface area contributed by atoms with Crippen LogP contribution in [0.4, 0.5) is 9.52 Å². The largest absolute Gasteiger partial charge is 0.454 e. The first kappa shape index (κ1) is 19.6. The fraction of sp³-hybridized carbons (Fsp3) is 0.333.